The fourth-order valence-corrected chi connectivity index (χ4v) is 3.36. The van der Waals surface area contributed by atoms with Crippen LogP contribution in [-0.4, -0.2) is 31.1 Å². The first-order valence-electron chi connectivity index (χ1n) is 6.98. The molecule has 94 valence electrons. The van der Waals surface area contributed by atoms with Crippen molar-refractivity contribution in [3.8, 4) is 0 Å². The third-order valence-corrected chi connectivity index (χ3v) is 4.79. The summed E-state index contributed by atoms with van der Waals surface area (Å²) in [6, 6.07) is 0. The number of rotatable bonds is 4. The van der Waals surface area contributed by atoms with Gasteiger partial charge in [0.25, 0.3) is 0 Å². The molecule has 2 aliphatic rings. The first kappa shape index (κ1) is 12.4. The fourth-order valence-electron chi connectivity index (χ4n) is 3.36. The highest BCUT2D eigenvalue weighted by molar-refractivity contribution is 4.90. The van der Waals surface area contributed by atoms with Gasteiger partial charge in [0, 0.05) is 6.54 Å². The Morgan fingerprint density at radius 2 is 1.88 bits per heavy atom. The molecule has 2 nitrogen and oxygen atoms in total. The van der Waals surface area contributed by atoms with Crippen LogP contribution in [0.15, 0.2) is 0 Å². The Bertz CT molecular complexity index is 225. The number of nitrogens with zero attached hydrogens (tertiary/aromatic N) is 1. The molecular formula is C14H28N2. The van der Waals surface area contributed by atoms with Gasteiger partial charge >= 0.3 is 0 Å². The summed E-state index contributed by atoms with van der Waals surface area (Å²) >= 11 is 0. The van der Waals surface area contributed by atoms with Gasteiger partial charge in [-0.15, -0.1) is 0 Å². The third kappa shape index (κ3) is 2.78. The van der Waals surface area contributed by atoms with E-state index >= 15 is 0 Å². The van der Waals surface area contributed by atoms with Crippen molar-refractivity contribution in [1.29, 1.82) is 0 Å². The van der Waals surface area contributed by atoms with Crippen molar-refractivity contribution in [2.24, 2.45) is 16.6 Å². The fraction of sp³-hybridized carbons (Fsp3) is 1.00. The molecule has 0 atom stereocenters. The lowest BCUT2D eigenvalue weighted by Gasteiger charge is -2.44. The standard InChI is InChI=1S/C14H28N2/c1-13(2)5-4-9-16(12-13)10-8-14(11-15)6-3-7-14/h3-12,15H2,1-2H3. The van der Waals surface area contributed by atoms with Crippen LogP contribution in [0.3, 0.4) is 0 Å². The summed E-state index contributed by atoms with van der Waals surface area (Å²) in [7, 11) is 0. The van der Waals surface area contributed by atoms with E-state index in [1.54, 1.807) is 0 Å². The van der Waals surface area contributed by atoms with Crippen molar-refractivity contribution in [3.05, 3.63) is 0 Å². The third-order valence-electron chi connectivity index (χ3n) is 4.79. The van der Waals surface area contributed by atoms with Gasteiger partial charge in [0.05, 0.1) is 0 Å². The zero-order valence-corrected chi connectivity index (χ0v) is 11.1. The molecule has 0 bridgehead atoms. The Morgan fingerprint density at radius 1 is 1.12 bits per heavy atom. The van der Waals surface area contributed by atoms with Gasteiger partial charge in [-0.2, -0.15) is 0 Å². The molecule has 2 heteroatoms. The Kier molecular flexibility index (Phi) is 3.60. The van der Waals surface area contributed by atoms with Crippen LogP contribution < -0.4 is 5.73 Å². The van der Waals surface area contributed by atoms with Crippen LogP contribution in [-0.2, 0) is 0 Å². The first-order chi connectivity index (χ1) is 7.55. The molecule has 2 fully saturated rings. The maximum absolute atomic E-state index is 5.92. The number of likely N-dealkylation sites (tertiary alicyclic amines) is 1. The van der Waals surface area contributed by atoms with Crippen molar-refractivity contribution in [2.45, 2.75) is 52.4 Å². The van der Waals surface area contributed by atoms with E-state index < -0.39 is 0 Å². The van der Waals surface area contributed by atoms with Crippen molar-refractivity contribution in [1.82, 2.24) is 4.90 Å². The summed E-state index contributed by atoms with van der Waals surface area (Å²) in [5.74, 6) is 0. The van der Waals surface area contributed by atoms with E-state index in [0.717, 1.165) is 6.54 Å². The number of piperidine rings is 1. The topological polar surface area (TPSA) is 29.3 Å². The Morgan fingerprint density at radius 3 is 2.38 bits per heavy atom. The van der Waals surface area contributed by atoms with Crippen molar-refractivity contribution >= 4 is 0 Å². The highest BCUT2D eigenvalue weighted by Gasteiger charge is 2.36. The van der Waals surface area contributed by atoms with E-state index in [1.165, 1.54) is 58.2 Å². The summed E-state index contributed by atoms with van der Waals surface area (Å²) in [4.78, 5) is 2.67. The summed E-state index contributed by atoms with van der Waals surface area (Å²) in [5.41, 5.74) is 6.98. The van der Waals surface area contributed by atoms with Gasteiger partial charge in [-0.1, -0.05) is 20.3 Å². The van der Waals surface area contributed by atoms with E-state index in [1.807, 2.05) is 0 Å². The summed E-state index contributed by atoms with van der Waals surface area (Å²) in [6.45, 7) is 9.59. The van der Waals surface area contributed by atoms with E-state index in [9.17, 15) is 0 Å². The number of hydrogen-bond donors (Lipinski definition) is 1. The summed E-state index contributed by atoms with van der Waals surface area (Å²) in [5, 5.41) is 0. The lowest BCUT2D eigenvalue weighted by atomic mass is 9.66. The van der Waals surface area contributed by atoms with Gasteiger partial charge in [-0.25, -0.2) is 0 Å². The van der Waals surface area contributed by atoms with Crippen molar-refractivity contribution in [2.75, 3.05) is 26.2 Å². The minimum Gasteiger partial charge on any atom is -0.330 e. The SMILES string of the molecule is CC1(C)CCCN(CCC2(CN)CCC2)C1. The van der Waals surface area contributed by atoms with Gasteiger partial charge in [-0.3, -0.25) is 0 Å². The molecule has 1 saturated carbocycles. The average molecular weight is 224 g/mol. The second-order valence-corrected chi connectivity index (χ2v) is 6.85. The molecule has 0 amide bonds. The summed E-state index contributed by atoms with van der Waals surface area (Å²) < 4.78 is 0. The van der Waals surface area contributed by atoms with Gasteiger partial charge in [0.2, 0.25) is 0 Å². The predicted octanol–water partition coefficient (Wildman–Crippen LogP) is 2.63. The zero-order valence-electron chi connectivity index (χ0n) is 11.1. The second-order valence-electron chi connectivity index (χ2n) is 6.85. The van der Waals surface area contributed by atoms with Crippen molar-refractivity contribution < 1.29 is 0 Å². The second kappa shape index (κ2) is 4.66. The highest BCUT2D eigenvalue weighted by atomic mass is 15.1. The molecule has 0 aromatic carbocycles. The van der Waals surface area contributed by atoms with Gasteiger partial charge < -0.3 is 10.6 Å². The Balaban J connectivity index is 1.77. The normalized spacial score (nSPS) is 28.7. The molecule has 1 aliphatic carbocycles. The van der Waals surface area contributed by atoms with Crippen LogP contribution in [0.2, 0.25) is 0 Å². The van der Waals surface area contributed by atoms with Gasteiger partial charge in [-0.05, 0) is 62.6 Å². The molecule has 16 heavy (non-hydrogen) atoms. The average Bonchev–Trinajstić information content (AvgIpc) is 2.15. The quantitative estimate of drug-likeness (QED) is 0.795. The lowest BCUT2D eigenvalue weighted by Crippen LogP contribution is -2.44. The van der Waals surface area contributed by atoms with E-state index in [-0.39, 0.29) is 0 Å². The molecule has 1 aliphatic heterocycles. The molecule has 0 radical (unpaired) electrons. The highest BCUT2D eigenvalue weighted by Crippen LogP contribution is 2.43. The van der Waals surface area contributed by atoms with E-state index in [2.05, 4.69) is 18.7 Å². The number of hydrogen-bond acceptors (Lipinski definition) is 2. The molecule has 1 heterocycles. The lowest BCUT2D eigenvalue weighted by molar-refractivity contribution is 0.0701. The molecular weight excluding hydrogens is 196 g/mol. The van der Waals surface area contributed by atoms with Crippen LogP contribution in [0.1, 0.15) is 52.4 Å². The molecule has 0 aromatic heterocycles. The molecule has 2 rings (SSSR count). The largest absolute Gasteiger partial charge is 0.330 e. The molecule has 0 spiro atoms. The smallest absolute Gasteiger partial charge is 0.00327 e. The first-order valence-corrected chi connectivity index (χ1v) is 6.98. The monoisotopic (exact) mass is 224 g/mol. The van der Waals surface area contributed by atoms with Crippen LogP contribution in [0, 0.1) is 10.8 Å². The van der Waals surface area contributed by atoms with Crippen LogP contribution >= 0.6 is 0 Å². The van der Waals surface area contributed by atoms with E-state index in [0.29, 0.717) is 10.8 Å². The Labute approximate surface area is 101 Å². The minimum absolute atomic E-state index is 0.529. The molecule has 0 unspecified atom stereocenters. The van der Waals surface area contributed by atoms with Crippen LogP contribution in [0.5, 0.6) is 0 Å². The van der Waals surface area contributed by atoms with Crippen LogP contribution in [0.25, 0.3) is 0 Å². The number of nitrogens with two attached hydrogens (primary N) is 1. The molecule has 2 N–H and O–H groups in total. The molecule has 0 aromatic rings. The maximum Gasteiger partial charge on any atom is 0.00327 e. The van der Waals surface area contributed by atoms with Crippen molar-refractivity contribution in [3.63, 3.8) is 0 Å². The Hall–Kier alpha value is -0.0800. The minimum atomic E-state index is 0.529. The van der Waals surface area contributed by atoms with E-state index in [4.69, 9.17) is 5.73 Å². The predicted molar refractivity (Wildman–Crippen MR) is 69.4 cm³/mol. The zero-order chi connectivity index (χ0) is 11.6. The molecule has 1 saturated heterocycles. The van der Waals surface area contributed by atoms with Crippen LogP contribution in [0.4, 0.5) is 0 Å². The van der Waals surface area contributed by atoms with Gasteiger partial charge in [0.15, 0.2) is 0 Å². The van der Waals surface area contributed by atoms with Gasteiger partial charge in [0.1, 0.15) is 0 Å². The maximum atomic E-state index is 5.92. The summed E-state index contributed by atoms with van der Waals surface area (Å²) in [6.07, 6.45) is 8.26.